The number of fused-ring (bicyclic) bond motifs is 1. The number of carboxylic acids is 1. The molecular formula is C39H37N3O6. The first-order chi connectivity index (χ1) is 23.1. The number of carbonyl (C=O) groups excluding carboxylic acids is 2. The molecule has 1 aromatic heterocycles. The summed E-state index contributed by atoms with van der Waals surface area (Å²) in [4.78, 5) is 52.7. The van der Waals surface area contributed by atoms with Gasteiger partial charge in [-0.25, -0.2) is 0 Å². The van der Waals surface area contributed by atoms with Crippen LogP contribution >= 0.6 is 0 Å². The number of hydrogen-bond donors (Lipinski definition) is 3. The quantitative estimate of drug-likeness (QED) is 0.167. The van der Waals surface area contributed by atoms with Crippen molar-refractivity contribution in [3.8, 4) is 5.75 Å². The van der Waals surface area contributed by atoms with Gasteiger partial charge in [-0.05, 0) is 76.6 Å². The van der Waals surface area contributed by atoms with Crippen LogP contribution in [0, 0.1) is 6.92 Å². The van der Waals surface area contributed by atoms with Crippen molar-refractivity contribution in [1.29, 1.82) is 0 Å². The van der Waals surface area contributed by atoms with Crippen molar-refractivity contribution in [2.24, 2.45) is 0 Å². The highest BCUT2D eigenvalue weighted by molar-refractivity contribution is 5.98. The Balaban J connectivity index is 1.23. The van der Waals surface area contributed by atoms with E-state index in [4.69, 9.17) is 4.74 Å². The van der Waals surface area contributed by atoms with Crippen molar-refractivity contribution in [2.75, 3.05) is 12.4 Å². The second-order valence-electron chi connectivity index (χ2n) is 12.4. The lowest BCUT2D eigenvalue weighted by Crippen LogP contribution is -2.46. The van der Waals surface area contributed by atoms with E-state index < -0.39 is 23.3 Å². The molecule has 5 aromatic rings. The van der Waals surface area contributed by atoms with E-state index in [-0.39, 0.29) is 30.0 Å². The Morgan fingerprint density at radius 2 is 1.54 bits per heavy atom. The highest BCUT2D eigenvalue weighted by Crippen LogP contribution is 2.48. The lowest BCUT2D eigenvalue weighted by Gasteiger charge is -2.20. The summed E-state index contributed by atoms with van der Waals surface area (Å²) in [6, 6.07) is 29.0. The van der Waals surface area contributed by atoms with Crippen molar-refractivity contribution in [3.63, 3.8) is 0 Å². The molecule has 1 fully saturated rings. The van der Waals surface area contributed by atoms with Crippen molar-refractivity contribution < 1.29 is 24.2 Å². The summed E-state index contributed by atoms with van der Waals surface area (Å²) in [7, 11) is 1.59. The smallest absolute Gasteiger partial charge is 0.314 e. The van der Waals surface area contributed by atoms with E-state index in [9.17, 15) is 24.3 Å². The van der Waals surface area contributed by atoms with Crippen LogP contribution in [0.4, 0.5) is 5.69 Å². The number of ether oxygens (including phenoxy) is 1. The molecule has 9 nitrogen and oxygen atoms in total. The average Bonchev–Trinajstić information content (AvgIpc) is 3.91. The van der Waals surface area contributed by atoms with Gasteiger partial charge in [-0.3, -0.25) is 19.2 Å². The summed E-state index contributed by atoms with van der Waals surface area (Å²) in [5, 5.41) is 17.5. The van der Waals surface area contributed by atoms with Crippen LogP contribution in [-0.4, -0.2) is 40.6 Å². The molecule has 0 spiro atoms. The van der Waals surface area contributed by atoms with Gasteiger partial charge in [-0.2, -0.15) is 0 Å². The average molecular weight is 644 g/mol. The van der Waals surface area contributed by atoms with Gasteiger partial charge in [0.05, 0.1) is 25.5 Å². The van der Waals surface area contributed by atoms with Crippen LogP contribution in [0.25, 0.3) is 10.8 Å². The van der Waals surface area contributed by atoms with Crippen LogP contribution in [0.2, 0.25) is 0 Å². The number of nitrogens with zero attached hydrogens (tertiary/aromatic N) is 1. The number of nitrogens with one attached hydrogen (secondary N) is 2. The number of aliphatic carboxylic acids is 1. The Kier molecular flexibility index (Phi) is 9.12. The van der Waals surface area contributed by atoms with Crippen LogP contribution < -0.4 is 20.9 Å². The first-order valence-corrected chi connectivity index (χ1v) is 15.9. The molecule has 4 aromatic carbocycles. The SMILES string of the molecule is COc1ccc(Cn2ccc(C)c(NC(=O)[C@H](Cc3ccc(C4(C(=O)O)CC4)cc3)NC(=O)Cc3ccc4ccccc4c3)c2=O)cc1. The molecule has 0 unspecified atom stereocenters. The molecule has 1 saturated carbocycles. The number of pyridine rings is 1. The van der Waals surface area contributed by atoms with E-state index in [0.29, 0.717) is 30.7 Å². The third-order valence-corrected chi connectivity index (χ3v) is 9.07. The van der Waals surface area contributed by atoms with Gasteiger partial charge in [0.25, 0.3) is 5.56 Å². The molecular weight excluding hydrogens is 606 g/mol. The number of benzene rings is 4. The minimum atomic E-state index is -1.01. The fraction of sp³-hybridized carbons (Fsp3) is 0.231. The molecule has 0 saturated heterocycles. The van der Waals surface area contributed by atoms with Crippen LogP contribution in [0.3, 0.4) is 0 Å². The van der Waals surface area contributed by atoms with E-state index in [2.05, 4.69) is 10.6 Å². The molecule has 0 aliphatic heterocycles. The van der Waals surface area contributed by atoms with Crippen molar-refractivity contribution in [3.05, 3.63) is 141 Å². The zero-order valence-electron chi connectivity index (χ0n) is 26.9. The van der Waals surface area contributed by atoms with Gasteiger partial charge in [-0.1, -0.05) is 78.9 Å². The summed E-state index contributed by atoms with van der Waals surface area (Å²) in [6.07, 6.45) is 3.06. The summed E-state index contributed by atoms with van der Waals surface area (Å²) >= 11 is 0. The van der Waals surface area contributed by atoms with E-state index in [1.54, 1.807) is 50.6 Å². The molecule has 1 aliphatic rings. The molecule has 2 amide bonds. The molecule has 1 atom stereocenters. The number of carbonyl (C=O) groups is 3. The topological polar surface area (TPSA) is 127 Å². The zero-order valence-corrected chi connectivity index (χ0v) is 26.9. The van der Waals surface area contributed by atoms with Crippen molar-refractivity contribution in [2.45, 2.75) is 50.6 Å². The molecule has 1 heterocycles. The monoisotopic (exact) mass is 643 g/mol. The second kappa shape index (κ2) is 13.6. The molecule has 0 radical (unpaired) electrons. The summed E-state index contributed by atoms with van der Waals surface area (Å²) in [6.45, 7) is 2.04. The molecule has 3 N–H and O–H groups in total. The Morgan fingerprint density at radius 3 is 2.21 bits per heavy atom. The number of rotatable bonds is 12. The van der Waals surface area contributed by atoms with Gasteiger partial charge in [0.15, 0.2) is 0 Å². The second-order valence-corrected chi connectivity index (χ2v) is 12.4. The maximum Gasteiger partial charge on any atom is 0.314 e. The van der Waals surface area contributed by atoms with Crippen LogP contribution in [0.5, 0.6) is 5.75 Å². The van der Waals surface area contributed by atoms with Gasteiger partial charge in [-0.15, -0.1) is 0 Å². The molecule has 244 valence electrons. The predicted octanol–water partition coefficient (Wildman–Crippen LogP) is 5.39. The molecule has 9 heteroatoms. The number of aryl methyl sites for hydroxylation is 1. The molecule has 6 rings (SSSR count). The van der Waals surface area contributed by atoms with Gasteiger partial charge in [0.1, 0.15) is 17.5 Å². The minimum absolute atomic E-state index is 0.0632. The molecule has 48 heavy (non-hydrogen) atoms. The number of anilines is 1. The normalized spacial score (nSPS) is 13.8. The minimum Gasteiger partial charge on any atom is -0.497 e. The summed E-state index contributed by atoms with van der Waals surface area (Å²) in [5.74, 6) is -1.01. The van der Waals surface area contributed by atoms with E-state index in [1.165, 1.54) is 4.57 Å². The maximum atomic E-state index is 13.9. The molecule has 1 aliphatic carbocycles. The first-order valence-electron chi connectivity index (χ1n) is 15.9. The van der Waals surface area contributed by atoms with E-state index in [1.807, 2.05) is 66.7 Å². The van der Waals surface area contributed by atoms with Gasteiger partial charge >= 0.3 is 5.97 Å². The highest BCUT2D eigenvalue weighted by Gasteiger charge is 2.51. The number of amides is 2. The third kappa shape index (κ3) is 7.00. The Labute approximate surface area is 278 Å². The van der Waals surface area contributed by atoms with E-state index in [0.717, 1.165) is 33.0 Å². The van der Waals surface area contributed by atoms with Gasteiger partial charge in [0, 0.05) is 12.6 Å². The summed E-state index contributed by atoms with van der Waals surface area (Å²) in [5.41, 5.74) is 2.67. The standard InChI is InChI=1S/C39H37N3O6/c1-25-17-20-42(24-27-10-15-32(48-2)16-11-27)37(45)35(25)41-36(44)33(22-26-8-13-31(14-9-26)39(18-19-39)38(46)47)40-34(43)23-28-7-12-29-5-3-4-6-30(29)21-28/h3-17,20-21,33H,18-19,22-24H2,1-2H3,(H,40,43)(H,41,44)(H,46,47)/t33-/m0/s1. The Morgan fingerprint density at radius 1 is 0.875 bits per heavy atom. The Hall–Kier alpha value is -5.70. The van der Waals surface area contributed by atoms with E-state index >= 15 is 0 Å². The van der Waals surface area contributed by atoms with Crippen LogP contribution in [-0.2, 0) is 39.2 Å². The van der Waals surface area contributed by atoms with Crippen molar-refractivity contribution >= 4 is 34.2 Å². The van der Waals surface area contributed by atoms with Gasteiger partial charge < -0.3 is 25.0 Å². The highest BCUT2D eigenvalue weighted by atomic mass is 16.5. The lowest BCUT2D eigenvalue weighted by atomic mass is 9.94. The largest absolute Gasteiger partial charge is 0.497 e. The number of carboxylic acid groups (broad SMARTS) is 1. The number of methoxy groups -OCH3 is 1. The number of hydrogen-bond acceptors (Lipinski definition) is 5. The zero-order chi connectivity index (χ0) is 33.8. The Bertz CT molecular complexity index is 2050. The summed E-state index contributed by atoms with van der Waals surface area (Å²) < 4.78 is 6.75. The third-order valence-electron chi connectivity index (χ3n) is 9.07. The maximum absolute atomic E-state index is 13.9. The number of aromatic nitrogens is 1. The predicted molar refractivity (Wildman–Crippen MR) is 184 cm³/mol. The van der Waals surface area contributed by atoms with Crippen molar-refractivity contribution in [1.82, 2.24) is 9.88 Å². The fourth-order valence-electron chi connectivity index (χ4n) is 6.01. The van der Waals surface area contributed by atoms with Gasteiger partial charge in [0.2, 0.25) is 11.8 Å². The lowest BCUT2D eigenvalue weighted by molar-refractivity contribution is -0.140. The molecule has 0 bridgehead atoms. The fourth-order valence-corrected chi connectivity index (χ4v) is 6.01. The van der Waals surface area contributed by atoms with Crippen LogP contribution in [0.15, 0.2) is 108 Å². The van der Waals surface area contributed by atoms with Crippen LogP contribution in [0.1, 0.15) is 40.7 Å². The first kappa shape index (κ1) is 32.2.